The van der Waals surface area contributed by atoms with Crippen LogP contribution >= 0.6 is 0 Å². The van der Waals surface area contributed by atoms with Crippen LogP contribution in [0, 0.1) is 0 Å². The summed E-state index contributed by atoms with van der Waals surface area (Å²) < 4.78 is 61.0. The largest absolute Gasteiger partial charge is 0.501 e. The molecular weight excluding hydrogens is 309 g/mol. The number of carbonyl (C=O) groups is 1. The number of hydrogen-bond donors (Lipinski definition) is 2. The molecule has 0 heterocycles. The molecule has 118 valence electrons. The summed E-state index contributed by atoms with van der Waals surface area (Å²) in [6.45, 7) is 3.05. The summed E-state index contributed by atoms with van der Waals surface area (Å²) in [5.74, 6) is -0.663. The average Bonchev–Trinajstić information content (AvgIpc) is 2.25. The van der Waals surface area contributed by atoms with Crippen molar-refractivity contribution in [2.24, 2.45) is 5.73 Å². The molecule has 0 saturated carbocycles. The lowest BCUT2D eigenvalue weighted by atomic mass is 10.00. The first kappa shape index (κ1) is 17.3. The number of alkyl halides is 3. The van der Waals surface area contributed by atoms with Crippen LogP contribution in [0.1, 0.15) is 20.3 Å². The highest BCUT2D eigenvalue weighted by atomic mass is 32.2. The smallest absolute Gasteiger partial charge is 0.379 e. The molecule has 0 spiro atoms. The lowest BCUT2D eigenvalue weighted by Gasteiger charge is -2.27. The third kappa shape index (κ3) is 4.10. The van der Waals surface area contributed by atoms with Crippen molar-refractivity contribution in [3.8, 4) is 0 Å². The van der Waals surface area contributed by atoms with Crippen molar-refractivity contribution in [2.45, 2.75) is 36.2 Å². The van der Waals surface area contributed by atoms with Gasteiger partial charge in [-0.2, -0.15) is 13.2 Å². The second-order valence-electron chi connectivity index (χ2n) is 5.10. The van der Waals surface area contributed by atoms with Crippen LogP contribution < -0.4 is 11.1 Å². The molecule has 0 fully saturated rings. The van der Waals surface area contributed by atoms with Crippen LogP contribution in [0.5, 0.6) is 0 Å². The van der Waals surface area contributed by atoms with Crippen molar-refractivity contribution in [1.82, 2.24) is 0 Å². The monoisotopic (exact) mass is 324 g/mol. The number of anilines is 1. The molecule has 5 nitrogen and oxygen atoms in total. The predicted molar refractivity (Wildman–Crippen MR) is 71.2 cm³/mol. The number of nitrogens with one attached hydrogen (secondary N) is 1. The molecule has 0 saturated heterocycles. The van der Waals surface area contributed by atoms with E-state index in [9.17, 15) is 26.4 Å². The molecular formula is C12H15F3N2O3S. The number of halogens is 3. The van der Waals surface area contributed by atoms with E-state index in [1.807, 2.05) is 0 Å². The van der Waals surface area contributed by atoms with Crippen LogP contribution in [0.15, 0.2) is 29.2 Å². The van der Waals surface area contributed by atoms with Gasteiger partial charge in [0, 0.05) is 12.0 Å². The van der Waals surface area contributed by atoms with Crippen LogP contribution in [0.25, 0.3) is 0 Å². The van der Waals surface area contributed by atoms with Gasteiger partial charge in [-0.3, -0.25) is 4.79 Å². The van der Waals surface area contributed by atoms with Crippen LogP contribution in [-0.2, 0) is 14.6 Å². The van der Waals surface area contributed by atoms with Gasteiger partial charge in [-0.05, 0) is 26.0 Å². The zero-order valence-electron chi connectivity index (χ0n) is 11.4. The Morgan fingerprint density at radius 2 is 1.76 bits per heavy atom. The molecule has 0 aliphatic carbocycles. The molecule has 0 radical (unpaired) electrons. The maximum absolute atomic E-state index is 12.7. The van der Waals surface area contributed by atoms with Crippen LogP contribution in [0.3, 0.4) is 0 Å². The quantitative estimate of drug-likeness (QED) is 0.867. The molecule has 0 aliphatic heterocycles. The number of benzene rings is 1. The summed E-state index contributed by atoms with van der Waals surface area (Å²) in [5, 5.41) is 2.62. The van der Waals surface area contributed by atoms with E-state index in [2.05, 4.69) is 5.32 Å². The second kappa shape index (κ2) is 5.55. The molecule has 0 aliphatic rings. The van der Waals surface area contributed by atoms with Gasteiger partial charge in [-0.15, -0.1) is 0 Å². The van der Waals surface area contributed by atoms with Crippen LogP contribution in [0.4, 0.5) is 18.9 Å². The maximum Gasteiger partial charge on any atom is 0.501 e. The third-order valence-corrected chi connectivity index (χ3v) is 4.11. The van der Waals surface area contributed by atoms with Crippen LogP contribution in [-0.4, -0.2) is 25.4 Å². The first-order chi connectivity index (χ1) is 9.37. The van der Waals surface area contributed by atoms with Crippen molar-refractivity contribution >= 4 is 21.4 Å². The standard InChI is InChI=1S/C12H15F3N2O3S/c1-11(2,7-10(16)18)17-8-5-3-4-6-9(8)21(19,20)12(13,14)15/h3-6,17H,7H2,1-2H3,(H2,16,18). The lowest BCUT2D eigenvalue weighted by Crippen LogP contribution is -2.37. The highest BCUT2D eigenvalue weighted by Gasteiger charge is 2.48. The van der Waals surface area contributed by atoms with Gasteiger partial charge in [0.05, 0.1) is 10.6 Å². The van der Waals surface area contributed by atoms with Gasteiger partial charge in [0.2, 0.25) is 5.91 Å². The summed E-state index contributed by atoms with van der Waals surface area (Å²) in [6.07, 6.45) is -0.173. The number of sulfone groups is 1. The molecule has 21 heavy (non-hydrogen) atoms. The topological polar surface area (TPSA) is 89.3 Å². The minimum absolute atomic E-state index is 0.173. The Balaban J connectivity index is 3.27. The lowest BCUT2D eigenvalue weighted by molar-refractivity contribution is -0.118. The second-order valence-corrected chi connectivity index (χ2v) is 7.01. The molecule has 0 bridgehead atoms. The van der Waals surface area contributed by atoms with Crippen molar-refractivity contribution in [2.75, 3.05) is 5.32 Å². The number of carbonyl (C=O) groups excluding carboxylic acids is 1. The van der Waals surface area contributed by atoms with Gasteiger partial charge in [0.25, 0.3) is 9.84 Å². The fourth-order valence-electron chi connectivity index (χ4n) is 1.77. The predicted octanol–water partition coefficient (Wildman–Crippen LogP) is 2.05. The summed E-state index contributed by atoms with van der Waals surface area (Å²) in [4.78, 5) is 10.0. The van der Waals surface area contributed by atoms with Gasteiger partial charge in [0.1, 0.15) is 0 Å². The number of primary amides is 1. The summed E-state index contributed by atoms with van der Waals surface area (Å²) in [7, 11) is -5.49. The molecule has 1 amide bonds. The van der Waals surface area contributed by atoms with Gasteiger partial charge in [-0.1, -0.05) is 12.1 Å². The Hall–Kier alpha value is -1.77. The van der Waals surface area contributed by atoms with E-state index >= 15 is 0 Å². The molecule has 1 aromatic rings. The van der Waals surface area contributed by atoms with Crippen molar-refractivity contribution < 1.29 is 26.4 Å². The number of para-hydroxylation sites is 1. The molecule has 1 aromatic carbocycles. The first-order valence-electron chi connectivity index (χ1n) is 5.84. The van der Waals surface area contributed by atoms with E-state index in [1.165, 1.54) is 32.0 Å². The summed E-state index contributed by atoms with van der Waals surface area (Å²) in [5.41, 5.74) is -1.59. The molecule has 1 rings (SSSR count). The van der Waals surface area contributed by atoms with Crippen LogP contribution in [0.2, 0.25) is 0 Å². The van der Waals surface area contributed by atoms with Gasteiger partial charge in [-0.25, -0.2) is 8.42 Å². The third-order valence-electron chi connectivity index (χ3n) is 2.57. The number of rotatable bonds is 5. The Morgan fingerprint density at radius 3 is 2.24 bits per heavy atom. The SMILES string of the molecule is CC(C)(CC(N)=O)Nc1ccccc1S(=O)(=O)C(F)(F)F. The van der Waals surface area contributed by atoms with Crippen molar-refractivity contribution in [1.29, 1.82) is 0 Å². The normalized spacial score (nSPS) is 13.0. The Labute approximate surface area is 120 Å². The highest BCUT2D eigenvalue weighted by molar-refractivity contribution is 7.92. The van der Waals surface area contributed by atoms with E-state index in [0.29, 0.717) is 0 Å². The zero-order valence-corrected chi connectivity index (χ0v) is 12.2. The Bertz CT molecular complexity index is 639. The summed E-state index contributed by atoms with van der Waals surface area (Å²) in [6, 6.07) is 4.62. The Kier molecular flexibility index (Phi) is 4.57. The van der Waals surface area contributed by atoms with Crippen molar-refractivity contribution in [3.05, 3.63) is 24.3 Å². The van der Waals surface area contributed by atoms with E-state index in [1.54, 1.807) is 0 Å². The first-order valence-corrected chi connectivity index (χ1v) is 7.32. The minimum atomic E-state index is -5.49. The molecule has 0 atom stereocenters. The molecule has 0 aromatic heterocycles. The van der Waals surface area contributed by atoms with Crippen molar-refractivity contribution in [3.63, 3.8) is 0 Å². The Morgan fingerprint density at radius 1 is 1.24 bits per heavy atom. The van der Waals surface area contributed by atoms with E-state index in [-0.39, 0.29) is 12.1 Å². The van der Waals surface area contributed by atoms with Gasteiger partial charge in [0.15, 0.2) is 0 Å². The maximum atomic E-state index is 12.7. The highest BCUT2D eigenvalue weighted by Crippen LogP contribution is 2.35. The number of hydrogen-bond acceptors (Lipinski definition) is 4. The molecule has 0 unspecified atom stereocenters. The van der Waals surface area contributed by atoms with E-state index in [0.717, 1.165) is 6.07 Å². The minimum Gasteiger partial charge on any atom is -0.379 e. The number of amides is 1. The fraction of sp³-hybridized carbons (Fsp3) is 0.417. The summed E-state index contributed by atoms with van der Waals surface area (Å²) >= 11 is 0. The van der Waals surface area contributed by atoms with E-state index in [4.69, 9.17) is 5.73 Å². The van der Waals surface area contributed by atoms with Gasteiger partial charge >= 0.3 is 5.51 Å². The molecule has 3 N–H and O–H groups in total. The molecule has 9 heteroatoms. The fourth-order valence-corrected chi connectivity index (χ4v) is 2.69. The van der Waals surface area contributed by atoms with Gasteiger partial charge < -0.3 is 11.1 Å². The zero-order chi connectivity index (χ0) is 16.5. The average molecular weight is 324 g/mol. The van der Waals surface area contributed by atoms with E-state index < -0.39 is 31.7 Å². The number of nitrogens with two attached hydrogens (primary N) is 1.